The number of ether oxygens (including phenoxy) is 3. The van der Waals surface area contributed by atoms with Crippen LogP contribution in [0.2, 0.25) is 0 Å². The molecule has 2 aromatic rings. The summed E-state index contributed by atoms with van der Waals surface area (Å²) >= 11 is 1.47. The van der Waals surface area contributed by atoms with Crippen molar-refractivity contribution in [3.63, 3.8) is 0 Å². The third kappa shape index (κ3) is 4.40. The molecule has 1 saturated heterocycles. The zero-order valence-corrected chi connectivity index (χ0v) is 19.0. The highest BCUT2D eigenvalue weighted by Gasteiger charge is 2.27. The summed E-state index contributed by atoms with van der Waals surface area (Å²) < 4.78 is 18.6. The Morgan fingerprint density at radius 3 is 2.56 bits per heavy atom. The molecule has 0 atom stereocenters. The van der Waals surface area contributed by atoms with Crippen molar-refractivity contribution in [2.24, 2.45) is 0 Å². The van der Waals surface area contributed by atoms with Gasteiger partial charge in [0.1, 0.15) is 19.0 Å². The van der Waals surface area contributed by atoms with E-state index in [2.05, 4.69) is 27.2 Å². The van der Waals surface area contributed by atoms with E-state index >= 15 is 0 Å². The van der Waals surface area contributed by atoms with Crippen molar-refractivity contribution in [1.29, 1.82) is 0 Å². The SMILES string of the molecule is COc1ccccc1N1CCN(CCCN2Sc3cc4c(cc3NC2=O)OCCO4)CC1. The first kappa shape index (κ1) is 21.1. The van der Waals surface area contributed by atoms with E-state index in [0.717, 1.165) is 66.9 Å². The number of amides is 2. The molecule has 8 nitrogen and oxygen atoms in total. The molecule has 2 aromatic carbocycles. The number of nitrogens with one attached hydrogen (secondary N) is 1. The van der Waals surface area contributed by atoms with E-state index in [0.29, 0.717) is 25.5 Å². The highest BCUT2D eigenvalue weighted by molar-refractivity contribution is 7.97. The van der Waals surface area contributed by atoms with E-state index in [1.807, 2.05) is 24.3 Å². The van der Waals surface area contributed by atoms with Crippen LogP contribution in [0.25, 0.3) is 0 Å². The number of methoxy groups -OCH3 is 1. The zero-order chi connectivity index (χ0) is 21.9. The van der Waals surface area contributed by atoms with Gasteiger partial charge in [0.2, 0.25) is 0 Å². The Morgan fingerprint density at radius 1 is 1.03 bits per heavy atom. The van der Waals surface area contributed by atoms with Crippen molar-refractivity contribution in [3.05, 3.63) is 36.4 Å². The normalized spacial score (nSPS) is 18.2. The third-order valence-corrected chi connectivity index (χ3v) is 7.06. The fourth-order valence-electron chi connectivity index (χ4n) is 4.27. The van der Waals surface area contributed by atoms with Crippen molar-refractivity contribution < 1.29 is 19.0 Å². The summed E-state index contributed by atoms with van der Waals surface area (Å²) in [5, 5.41) is 2.98. The fourth-order valence-corrected chi connectivity index (χ4v) is 5.22. The summed E-state index contributed by atoms with van der Waals surface area (Å²) in [6, 6.07) is 11.9. The minimum atomic E-state index is -0.0832. The smallest absolute Gasteiger partial charge is 0.332 e. The highest BCUT2D eigenvalue weighted by atomic mass is 32.2. The van der Waals surface area contributed by atoms with Crippen LogP contribution in [0.5, 0.6) is 17.2 Å². The van der Waals surface area contributed by atoms with Crippen LogP contribution in [0.15, 0.2) is 41.3 Å². The molecule has 1 N–H and O–H groups in total. The van der Waals surface area contributed by atoms with E-state index in [1.165, 1.54) is 11.9 Å². The number of carbonyl (C=O) groups excluding carboxylic acids is 1. The molecule has 9 heteroatoms. The number of piperazine rings is 1. The molecule has 0 aliphatic carbocycles. The second-order valence-corrected chi connectivity index (χ2v) is 9.03. The predicted octanol–water partition coefficient (Wildman–Crippen LogP) is 3.53. The average molecular weight is 457 g/mol. The molecule has 0 aromatic heterocycles. The lowest BCUT2D eigenvalue weighted by Gasteiger charge is -2.37. The Balaban J connectivity index is 1.11. The Hall–Kier alpha value is -2.78. The summed E-state index contributed by atoms with van der Waals surface area (Å²) in [4.78, 5) is 18.4. The number of rotatable bonds is 6. The van der Waals surface area contributed by atoms with Gasteiger partial charge in [-0.05, 0) is 30.5 Å². The van der Waals surface area contributed by atoms with Crippen molar-refractivity contribution in [1.82, 2.24) is 9.21 Å². The first-order chi connectivity index (χ1) is 15.7. The molecule has 0 unspecified atom stereocenters. The summed E-state index contributed by atoms with van der Waals surface area (Å²) in [6.07, 6.45) is 0.926. The number of fused-ring (bicyclic) bond motifs is 2. The van der Waals surface area contributed by atoms with Gasteiger partial charge in [0, 0.05) is 51.4 Å². The van der Waals surface area contributed by atoms with Gasteiger partial charge < -0.3 is 24.4 Å². The van der Waals surface area contributed by atoms with Crippen LogP contribution in [-0.4, -0.2) is 74.8 Å². The van der Waals surface area contributed by atoms with Crippen LogP contribution < -0.4 is 24.4 Å². The molecule has 32 heavy (non-hydrogen) atoms. The molecule has 2 amide bonds. The standard InChI is InChI=1S/C23H28N4O4S/c1-29-19-6-3-2-5-18(19)26-11-9-25(10-12-26)7-4-8-27-23(28)24-17-15-20-21(16-22(17)32-27)31-14-13-30-20/h2-3,5-6,15-16H,4,7-14H2,1H3,(H,24,28). The minimum Gasteiger partial charge on any atom is -0.495 e. The van der Waals surface area contributed by atoms with Gasteiger partial charge in [0.25, 0.3) is 0 Å². The molecule has 5 rings (SSSR count). The van der Waals surface area contributed by atoms with Gasteiger partial charge in [0.05, 0.1) is 23.4 Å². The first-order valence-corrected chi connectivity index (χ1v) is 11.8. The van der Waals surface area contributed by atoms with Crippen LogP contribution in [0, 0.1) is 0 Å². The number of anilines is 2. The molecule has 1 fully saturated rings. The van der Waals surface area contributed by atoms with Gasteiger partial charge in [-0.25, -0.2) is 4.79 Å². The van der Waals surface area contributed by atoms with Gasteiger partial charge >= 0.3 is 6.03 Å². The van der Waals surface area contributed by atoms with Gasteiger partial charge in [-0.3, -0.25) is 9.21 Å². The van der Waals surface area contributed by atoms with E-state index in [4.69, 9.17) is 14.2 Å². The molecular formula is C23H28N4O4S. The monoisotopic (exact) mass is 456 g/mol. The number of hydrogen-bond donors (Lipinski definition) is 1. The van der Waals surface area contributed by atoms with Crippen molar-refractivity contribution in [2.75, 3.05) is 69.8 Å². The number of nitrogens with zero attached hydrogens (tertiary/aromatic N) is 3. The number of benzene rings is 2. The maximum Gasteiger partial charge on any atom is 0.332 e. The number of urea groups is 1. The second-order valence-electron chi connectivity index (χ2n) is 7.97. The van der Waals surface area contributed by atoms with E-state index in [-0.39, 0.29) is 6.03 Å². The van der Waals surface area contributed by atoms with Crippen LogP contribution >= 0.6 is 11.9 Å². The van der Waals surface area contributed by atoms with Gasteiger partial charge in [0.15, 0.2) is 11.5 Å². The molecule has 3 heterocycles. The quantitative estimate of drug-likeness (QED) is 0.667. The van der Waals surface area contributed by atoms with Crippen LogP contribution in [-0.2, 0) is 0 Å². The predicted molar refractivity (Wildman–Crippen MR) is 125 cm³/mol. The Bertz CT molecular complexity index is 980. The lowest BCUT2D eigenvalue weighted by atomic mass is 10.2. The third-order valence-electron chi connectivity index (χ3n) is 5.95. The first-order valence-electron chi connectivity index (χ1n) is 11.0. The maximum absolute atomic E-state index is 12.6. The molecular weight excluding hydrogens is 428 g/mol. The summed E-state index contributed by atoms with van der Waals surface area (Å²) in [5.74, 6) is 2.36. The van der Waals surface area contributed by atoms with E-state index in [1.54, 1.807) is 11.4 Å². The molecule has 3 aliphatic rings. The van der Waals surface area contributed by atoms with Gasteiger partial charge in [-0.15, -0.1) is 0 Å². The maximum atomic E-state index is 12.6. The van der Waals surface area contributed by atoms with Gasteiger partial charge in [-0.2, -0.15) is 0 Å². The minimum absolute atomic E-state index is 0.0832. The lowest BCUT2D eigenvalue weighted by Crippen LogP contribution is -2.47. The number of hydrogen-bond acceptors (Lipinski definition) is 7. The summed E-state index contributed by atoms with van der Waals surface area (Å²) in [6.45, 7) is 6.70. The van der Waals surface area contributed by atoms with Crippen LogP contribution in [0.4, 0.5) is 16.2 Å². The van der Waals surface area contributed by atoms with E-state index in [9.17, 15) is 4.79 Å². The second kappa shape index (κ2) is 9.38. The van der Waals surface area contributed by atoms with Gasteiger partial charge in [-0.1, -0.05) is 12.1 Å². The van der Waals surface area contributed by atoms with E-state index < -0.39 is 0 Å². The Morgan fingerprint density at radius 2 is 1.78 bits per heavy atom. The summed E-state index contributed by atoms with van der Waals surface area (Å²) in [5.41, 5.74) is 1.94. The topological polar surface area (TPSA) is 66.5 Å². The number of para-hydroxylation sites is 2. The summed E-state index contributed by atoms with van der Waals surface area (Å²) in [7, 11) is 1.72. The lowest BCUT2D eigenvalue weighted by molar-refractivity contribution is 0.171. The zero-order valence-electron chi connectivity index (χ0n) is 18.2. The van der Waals surface area contributed by atoms with Crippen molar-refractivity contribution in [2.45, 2.75) is 11.3 Å². The molecule has 0 radical (unpaired) electrons. The van der Waals surface area contributed by atoms with Crippen LogP contribution in [0.3, 0.4) is 0 Å². The highest BCUT2D eigenvalue weighted by Crippen LogP contribution is 2.43. The van der Waals surface area contributed by atoms with Crippen LogP contribution in [0.1, 0.15) is 6.42 Å². The van der Waals surface area contributed by atoms with Crippen molar-refractivity contribution in [3.8, 4) is 17.2 Å². The fraction of sp³-hybridized carbons (Fsp3) is 0.435. The largest absolute Gasteiger partial charge is 0.495 e. The molecule has 0 saturated carbocycles. The molecule has 0 spiro atoms. The Labute approximate surface area is 192 Å². The Kier molecular flexibility index (Phi) is 6.18. The number of carbonyl (C=O) groups is 1. The average Bonchev–Trinajstić information content (AvgIpc) is 2.83. The molecule has 3 aliphatic heterocycles. The molecule has 170 valence electrons. The van der Waals surface area contributed by atoms with Crippen molar-refractivity contribution >= 4 is 29.4 Å². The molecule has 0 bridgehead atoms.